The molecule has 0 saturated carbocycles. The smallest absolute Gasteiger partial charge is 0.590 e. The van der Waals surface area contributed by atoms with E-state index in [1.807, 2.05) is 0 Å². The second kappa shape index (κ2) is 4.16. The highest BCUT2D eigenvalue weighted by molar-refractivity contribution is 8.10. The first-order valence-corrected chi connectivity index (χ1v) is 5.90. The van der Waals surface area contributed by atoms with Crippen molar-refractivity contribution in [1.82, 2.24) is 0 Å². The van der Waals surface area contributed by atoms with Crippen LogP contribution in [-0.4, -0.2) is 38.0 Å². The third-order valence-corrected chi connectivity index (χ3v) is 5.59. The van der Waals surface area contributed by atoms with Crippen LogP contribution in [0.25, 0.3) is 0 Å². The molecule has 0 fully saturated rings. The van der Waals surface area contributed by atoms with Gasteiger partial charge in [0.15, 0.2) is 0 Å². The van der Waals surface area contributed by atoms with Crippen LogP contribution in [0.2, 0.25) is 0 Å². The first-order chi connectivity index (χ1) is 4.63. The van der Waals surface area contributed by atoms with Crippen LogP contribution in [0.5, 0.6) is 0 Å². The Hall–Kier alpha value is 0.207. The van der Waals surface area contributed by atoms with E-state index in [9.17, 15) is 8.76 Å². The zero-order valence-corrected chi connectivity index (χ0v) is 7.77. The molecule has 0 spiro atoms. The van der Waals surface area contributed by atoms with Crippen LogP contribution >= 0.6 is 0 Å². The van der Waals surface area contributed by atoms with Crippen LogP contribution in [0.1, 0.15) is 0 Å². The lowest BCUT2D eigenvalue weighted by Gasteiger charge is -2.25. The molecule has 0 amide bonds. The lowest BCUT2D eigenvalue weighted by atomic mass is 11.8. The van der Waals surface area contributed by atoms with Crippen molar-refractivity contribution in [2.24, 2.45) is 0 Å². The minimum Gasteiger partial charge on any atom is -0.772 e. The van der Waals surface area contributed by atoms with Gasteiger partial charge in [0.25, 0.3) is 0 Å². The van der Waals surface area contributed by atoms with E-state index in [4.69, 9.17) is 0 Å². The van der Waals surface area contributed by atoms with Crippen molar-refractivity contribution < 1.29 is 22.0 Å². The van der Waals surface area contributed by atoms with Crippen molar-refractivity contribution in [2.45, 2.75) is 0 Å². The topological polar surface area (TPSA) is 67.8 Å². The Kier molecular flexibility index (Phi) is 4.25. The van der Waals surface area contributed by atoms with Gasteiger partial charge in [-0.25, -0.2) is 0 Å². The van der Waals surface area contributed by atoms with E-state index >= 15 is 0 Å². The molecular formula is C3H9O5SSi-. The third kappa shape index (κ3) is 1.84. The highest BCUT2D eigenvalue weighted by Crippen LogP contribution is 2.08. The van der Waals surface area contributed by atoms with Crippen molar-refractivity contribution >= 4 is 18.5 Å². The molecule has 0 aromatic heterocycles. The molecule has 0 aliphatic rings. The van der Waals surface area contributed by atoms with Crippen LogP contribution in [-0.2, 0) is 23.8 Å². The molecule has 0 aliphatic heterocycles. The third-order valence-electron chi connectivity index (χ3n) is 0.954. The van der Waals surface area contributed by atoms with E-state index in [0.717, 1.165) is 0 Å². The molecule has 1 unspecified atom stereocenters. The predicted octanol–water partition coefficient (Wildman–Crippen LogP) is -0.760. The van der Waals surface area contributed by atoms with Gasteiger partial charge in [-0.2, -0.15) is 0 Å². The Bertz CT molecular complexity index is 116. The summed E-state index contributed by atoms with van der Waals surface area (Å²) in [7, 11) is -2.12. The molecule has 0 aliphatic carbocycles. The normalized spacial score (nSPS) is 15.2. The molecule has 1 atom stereocenters. The van der Waals surface area contributed by atoms with Crippen LogP contribution in [0.3, 0.4) is 0 Å². The second-order valence-electron chi connectivity index (χ2n) is 1.35. The molecule has 0 rings (SSSR count). The predicted molar refractivity (Wildman–Crippen MR) is 35.7 cm³/mol. The summed E-state index contributed by atoms with van der Waals surface area (Å²) in [6.45, 7) is 0. The lowest BCUT2D eigenvalue weighted by molar-refractivity contribution is 0.147. The van der Waals surface area contributed by atoms with E-state index in [1.165, 1.54) is 21.3 Å². The molecule has 62 valence electrons. The number of hydrogen-bond donors (Lipinski definition) is 0. The molecule has 5 nitrogen and oxygen atoms in total. The van der Waals surface area contributed by atoms with Crippen molar-refractivity contribution in [2.75, 3.05) is 21.3 Å². The molecule has 0 N–H and O–H groups in total. The molecule has 0 heterocycles. The molecule has 0 aromatic carbocycles. The summed E-state index contributed by atoms with van der Waals surface area (Å²) in [5.74, 6) is 0. The highest BCUT2D eigenvalue weighted by Gasteiger charge is 2.40. The molecule has 0 radical (unpaired) electrons. The lowest BCUT2D eigenvalue weighted by Crippen LogP contribution is -2.47. The molecular weight excluding hydrogens is 176 g/mol. The fourth-order valence-corrected chi connectivity index (χ4v) is 2.59. The van der Waals surface area contributed by atoms with Crippen LogP contribution in [0, 0.1) is 0 Å². The van der Waals surface area contributed by atoms with E-state index < -0.39 is 18.5 Å². The Labute approximate surface area is 62.6 Å². The standard InChI is InChI=1S/C3H10O5SSi/c1-6-10(7-2,8-3)9(4)5/h1-3H3,(H,4,5)/p-1. The van der Waals surface area contributed by atoms with Gasteiger partial charge in [-0.3, -0.25) is 4.21 Å². The van der Waals surface area contributed by atoms with Gasteiger partial charge in [-0.15, -0.1) is 0 Å². The van der Waals surface area contributed by atoms with E-state index in [-0.39, 0.29) is 0 Å². The zero-order chi connectivity index (χ0) is 8.20. The summed E-state index contributed by atoms with van der Waals surface area (Å²) in [4.78, 5) is 0. The van der Waals surface area contributed by atoms with E-state index in [1.54, 1.807) is 0 Å². The second-order valence-corrected chi connectivity index (χ2v) is 6.54. The Balaban J connectivity index is 4.31. The van der Waals surface area contributed by atoms with Gasteiger partial charge in [-0.05, 0) is 0 Å². The molecule has 0 bridgehead atoms. The highest BCUT2D eigenvalue weighted by atomic mass is 32.4. The Morgan fingerprint density at radius 3 is 1.50 bits per heavy atom. The molecule has 0 aromatic rings. The average Bonchev–Trinajstić information content (AvgIpc) is 1.92. The first-order valence-electron chi connectivity index (χ1n) is 2.37. The fourth-order valence-electron chi connectivity index (χ4n) is 0.454. The fraction of sp³-hybridized carbons (Fsp3) is 1.00. The molecule has 7 heteroatoms. The van der Waals surface area contributed by atoms with Crippen LogP contribution in [0.15, 0.2) is 0 Å². The van der Waals surface area contributed by atoms with Gasteiger partial charge >= 0.3 is 7.95 Å². The van der Waals surface area contributed by atoms with Gasteiger partial charge in [-0.1, -0.05) is 0 Å². The molecule has 0 saturated heterocycles. The van der Waals surface area contributed by atoms with Crippen molar-refractivity contribution in [3.8, 4) is 0 Å². The average molecular weight is 185 g/mol. The maximum atomic E-state index is 10.4. The van der Waals surface area contributed by atoms with Crippen molar-refractivity contribution in [1.29, 1.82) is 0 Å². The van der Waals surface area contributed by atoms with E-state index in [2.05, 4.69) is 13.3 Å². The van der Waals surface area contributed by atoms with E-state index in [0.29, 0.717) is 0 Å². The zero-order valence-electron chi connectivity index (χ0n) is 5.95. The first kappa shape index (κ1) is 10.2. The van der Waals surface area contributed by atoms with Gasteiger partial charge in [0, 0.05) is 31.9 Å². The van der Waals surface area contributed by atoms with Gasteiger partial charge < -0.3 is 17.8 Å². The maximum absolute atomic E-state index is 10.4. The summed E-state index contributed by atoms with van der Waals surface area (Å²) >= 11 is 0. The summed E-state index contributed by atoms with van der Waals surface area (Å²) < 4.78 is 34.5. The minimum absolute atomic E-state index is 1.23. The van der Waals surface area contributed by atoms with Gasteiger partial charge in [0.1, 0.15) is 0 Å². The van der Waals surface area contributed by atoms with Crippen molar-refractivity contribution in [3.63, 3.8) is 0 Å². The summed E-state index contributed by atoms with van der Waals surface area (Å²) in [5, 5.41) is 0. The maximum Gasteiger partial charge on any atom is 0.590 e. The van der Waals surface area contributed by atoms with Crippen LogP contribution < -0.4 is 0 Å². The minimum atomic E-state index is -3.38. The van der Waals surface area contributed by atoms with Gasteiger partial charge in [0.2, 0.25) is 0 Å². The largest absolute Gasteiger partial charge is 0.772 e. The van der Waals surface area contributed by atoms with Crippen molar-refractivity contribution in [3.05, 3.63) is 0 Å². The Morgan fingerprint density at radius 1 is 1.20 bits per heavy atom. The number of hydrogen-bond acceptors (Lipinski definition) is 5. The monoisotopic (exact) mass is 185 g/mol. The number of rotatable bonds is 4. The van der Waals surface area contributed by atoms with Gasteiger partial charge in [0.05, 0.1) is 0 Å². The van der Waals surface area contributed by atoms with Crippen LogP contribution in [0.4, 0.5) is 0 Å². The summed E-state index contributed by atoms with van der Waals surface area (Å²) in [5.41, 5.74) is 0. The summed E-state index contributed by atoms with van der Waals surface area (Å²) in [6, 6.07) is 0. The SMILES string of the molecule is CO[Si](OC)(OC)S(=O)[O-]. The Morgan fingerprint density at radius 2 is 1.50 bits per heavy atom. The summed E-state index contributed by atoms with van der Waals surface area (Å²) in [6.07, 6.45) is 0. The molecule has 10 heavy (non-hydrogen) atoms. The quantitative estimate of drug-likeness (QED) is 0.425.